The zero-order valence-electron chi connectivity index (χ0n) is 14.8. The number of hydrogen-bond acceptors (Lipinski definition) is 5. The summed E-state index contributed by atoms with van der Waals surface area (Å²) in [5.74, 6) is -0.000379. The lowest BCUT2D eigenvalue weighted by atomic mass is 10.1. The van der Waals surface area contributed by atoms with Crippen molar-refractivity contribution in [2.24, 2.45) is 0 Å². The van der Waals surface area contributed by atoms with Crippen molar-refractivity contribution in [3.8, 4) is 0 Å². The summed E-state index contributed by atoms with van der Waals surface area (Å²) in [6.07, 6.45) is 0.965. The third kappa shape index (κ3) is 5.03. The molecule has 7 heteroatoms. The number of hydrogen-bond donors (Lipinski definition) is 1. The van der Waals surface area contributed by atoms with Gasteiger partial charge < -0.3 is 10.1 Å². The molecule has 0 radical (unpaired) electrons. The Labute approximate surface area is 149 Å². The number of sulfone groups is 1. The maximum absolute atomic E-state index is 12.3. The summed E-state index contributed by atoms with van der Waals surface area (Å²) in [6, 6.07) is 7.27. The highest BCUT2D eigenvalue weighted by molar-refractivity contribution is 7.91. The largest absolute Gasteiger partial charge is 0.373 e. The fraction of sp³-hybridized carbons (Fsp3) is 0.611. The zero-order chi connectivity index (χ0) is 18.0. The van der Waals surface area contributed by atoms with E-state index in [2.05, 4.69) is 24.1 Å². The Morgan fingerprint density at radius 3 is 2.40 bits per heavy atom. The van der Waals surface area contributed by atoms with Crippen LogP contribution in [0.15, 0.2) is 24.3 Å². The first kappa shape index (κ1) is 18.4. The van der Waals surface area contributed by atoms with Gasteiger partial charge in [0.15, 0.2) is 9.84 Å². The van der Waals surface area contributed by atoms with Crippen molar-refractivity contribution in [1.82, 2.24) is 10.2 Å². The lowest BCUT2D eigenvalue weighted by molar-refractivity contribution is -0.0704. The van der Waals surface area contributed by atoms with Crippen LogP contribution in [0.3, 0.4) is 0 Å². The van der Waals surface area contributed by atoms with Crippen LogP contribution in [0.1, 0.15) is 36.2 Å². The number of nitrogens with zero attached hydrogens (tertiary/aromatic N) is 1. The Morgan fingerprint density at radius 2 is 1.84 bits per heavy atom. The van der Waals surface area contributed by atoms with Crippen molar-refractivity contribution in [3.63, 3.8) is 0 Å². The van der Waals surface area contributed by atoms with Crippen LogP contribution in [-0.4, -0.2) is 62.1 Å². The van der Waals surface area contributed by atoms with E-state index in [1.165, 1.54) is 0 Å². The fourth-order valence-corrected chi connectivity index (χ4v) is 5.28. The SMILES string of the molecule is C[C@@H]1CN(Cc2ccc(C(=O)N[C@H]3CCS(=O)(=O)C3)cc2)C[C@H](C)O1. The van der Waals surface area contributed by atoms with Crippen molar-refractivity contribution in [1.29, 1.82) is 0 Å². The average Bonchev–Trinajstić information content (AvgIpc) is 2.85. The molecule has 1 aromatic rings. The second-order valence-corrected chi connectivity index (χ2v) is 9.45. The van der Waals surface area contributed by atoms with Crippen LogP contribution in [0.4, 0.5) is 0 Å². The van der Waals surface area contributed by atoms with E-state index in [1.807, 2.05) is 12.1 Å². The molecule has 2 aliphatic rings. The first-order valence-electron chi connectivity index (χ1n) is 8.79. The minimum absolute atomic E-state index is 0.0459. The van der Waals surface area contributed by atoms with Crippen LogP contribution in [0.25, 0.3) is 0 Å². The topological polar surface area (TPSA) is 75.7 Å². The zero-order valence-corrected chi connectivity index (χ0v) is 15.6. The molecule has 1 N–H and O–H groups in total. The van der Waals surface area contributed by atoms with Crippen molar-refractivity contribution in [2.45, 2.75) is 45.1 Å². The number of benzene rings is 1. The lowest BCUT2D eigenvalue weighted by Crippen LogP contribution is -2.44. The van der Waals surface area contributed by atoms with Gasteiger partial charge in [-0.1, -0.05) is 12.1 Å². The number of rotatable bonds is 4. The number of carbonyl (C=O) groups excluding carboxylic acids is 1. The van der Waals surface area contributed by atoms with Gasteiger partial charge in [-0.2, -0.15) is 0 Å². The highest BCUT2D eigenvalue weighted by atomic mass is 32.2. The molecule has 2 aliphatic heterocycles. The van der Waals surface area contributed by atoms with Gasteiger partial charge >= 0.3 is 0 Å². The van der Waals surface area contributed by atoms with E-state index in [4.69, 9.17) is 4.74 Å². The summed E-state index contributed by atoms with van der Waals surface area (Å²) < 4.78 is 28.7. The van der Waals surface area contributed by atoms with Gasteiger partial charge in [-0.15, -0.1) is 0 Å². The van der Waals surface area contributed by atoms with E-state index >= 15 is 0 Å². The molecule has 3 atom stereocenters. The molecule has 25 heavy (non-hydrogen) atoms. The number of amides is 1. The Hall–Kier alpha value is -1.44. The summed E-state index contributed by atoms with van der Waals surface area (Å²) >= 11 is 0. The molecule has 0 aromatic heterocycles. The quantitative estimate of drug-likeness (QED) is 0.867. The molecule has 0 bridgehead atoms. The Morgan fingerprint density at radius 1 is 1.20 bits per heavy atom. The number of ether oxygens (including phenoxy) is 1. The van der Waals surface area contributed by atoms with Gasteiger partial charge in [0.2, 0.25) is 0 Å². The van der Waals surface area contributed by atoms with Gasteiger partial charge in [0.1, 0.15) is 0 Å². The summed E-state index contributed by atoms with van der Waals surface area (Å²) in [5.41, 5.74) is 1.72. The molecule has 0 saturated carbocycles. The van der Waals surface area contributed by atoms with Gasteiger partial charge in [0, 0.05) is 31.2 Å². The molecule has 138 valence electrons. The number of morpholine rings is 1. The van der Waals surface area contributed by atoms with Crippen LogP contribution in [0.5, 0.6) is 0 Å². The van der Waals surface area contributed by atoms with Crippen molar-refractivity contribution in [2.75, 3.05) is 24.6 Å². The van der Waals surface area contributed by atoms with Gasteiger partial charge in [0.25, 0.3) is 5.91 Å². The van der Waals surface area contributed by atoms with Gasteiger partial charge in [0.05, 0.1) is 23.7 Å². The molecule has 6 nitrogen and oxygen atoms in total. The lowest BCUT2D eigenvalue weighted by Gasteiger charge is -2.35. The van der Waals surface area contributed by atoms with E-state index < -0.39 is 9.84 Å². The molecular formula is C18H26N2O4S. The highest BCUT2D eigenvalue weighted by Crippen LogP contribution is 2.16. The molecule has 2 saturated heterocycles. The van der Waals surface area contributed by atoms with Crippen LogP contribution in [-0.2, 0) is 21.1 Å². The monoisotopic (exact) mass is 366 g/mol. The van der Waals surface area contributed by atoms with E-state index in [9.17, 15) is 13.2 Å². The second kappa shape index (κ2) is 7.43. The summed E-state index contributed by atoms with van der Waals surface area (Å²) in [5, 5.41) is 2.82. The fourth-order valence-electron chi connectivity index (χ4n) is 3.61. The van der Waals surface area contributed by atoms with E-state index in [0.717, 1.165) is 25.2 Å². The molecule has 1 aromatic carbocycles. The Balaban J connectivity index is 1.55. The van der Waals surface area contributed by atoms with Crippen molar-refractivity contribution in [3.05, 3.63) is 35.4 Å². The van der Waals surface area contributed by atoms with Crippen molar-refractivity contribution < 1.29 is 17.9 Å². The Kier molecular flexibility index (Phi) is 5.46. The number of nitrogens with one attached hydrogen (secondary N) is 1. The molecule has 0 unspecified atom stereocenters. The molecular weight excluding hydrogens is 340 g/mol. The van der Waals surface area contributed by atoms with Gasteiger partial charge in [-0.3, -0.25) is 9.69 Å². The first-order valence-corrected chi connectivity index (χ1v) is 10.6. The molecule has 1 amide bonds. The van der Waals surface area contributed by atoms with Crippen LogP contribution < -0.4 is 5.32 Å². The van der Waals surface area contributed by atoms with Crippen molar-refractivity contribution >= 4 is 15.7 Å². The second-order valence-electron chi connectivity index (χ2n) is 7.22. The summed E-state index contributed by atoms with van der Waals surface area (Å²) in [6.45, 7) is 6.81. The van der Waals surface area contributed by atoms with Gasteiger partial charge in [-0.05, 0) is 38.0 Å². The average molecular weight is 366 g/mol. The normalized spacial score (nSPS) is 29.4. The smallest absolute Gasteiger partial charge is 0.251 e. The van der Waals surface area contributed by atoms with Gasteiger partial charge in [-0.25, -0.2) is 8.42 Å². The highest BCUT2D eigenvalue weighted by Gasteiger charge is 2.29. The van der Waals surface area contributed by atoms with E-state index in [0.29, 0.717) is 12.0 Å². The predicted molar refractivity (Wildman–Crippen MR) is 96.3 cm³/mol. The van der Waals surface area contributed by atoms with E-state index in [1.54, 1.807) is 12.1 Å². The molecule has 2 heterocycles. The first-order chi connectivity index (χ1) is 11.8. The van der Waals surface area contributed by atoms with Crippen LogP contribution >= 0.6 is 0 Å². The molecule has 2 fully saturated rings. The predicted octanol–water partition coefficient (Wildman–Crippen LogP) is 1.21. The van der Waals surface area contributed by atoms with Crippen LogP contribution in [0, 0.1) is 0 Å². The van der Waals surface area contributed by atoms with E-state index in [-0.39, 0.29) is 35.7 Å². The summed E-state index contributed by atoms with van der Waals surface area (Å²) in [4.78, 5) is 14.6. The maximum atomic E-state index is 12.3. The molecule has 0 aliphatic carbocycles. The van der Waals surface area contributed by atoms with Crippen LogP contribution in [0.2, 0.25) is 0 Å². The standard InChI is InChI=1S/C18H26N2O4S/c1-13-9-20(10-14(2)24-13)11-15-3-5-16(6-4-15)18(21)19-17-7-8-25(22,23)12-17/h3-6,13-14,17H,7-12H2,1-2H3,(H,19,21)/t13-,14+,17-/m0/s1. The third-order valence-corrected chi connectivity index (χ3v) is 6.45. The summed E-state index contributed by atoms with van der Waals surface area (Å²) in [7, 11) is -2.99. The maximum Gasteiger partial charge on any atom is 0.251 e. The Bertz CT molecular complexity index is 707. The molecule has 0 spiro atoms. The minimum Gasteiger partial charge on any atom is -0.373 e. The molecule has 3 rings (SSSR count). The minimum atomic E-state index is -2.99. The third-order valence-electron chi connectivity index (χ3n) is 4.69. The number of carbonyl (C=O) groups is 1.